The van der Waals surface area contributed by atoms with Crippen LogP contribution in [0.25, 0.3) is 0 Å². The lowest BCUT2D eigenvalue weighted by Gasteiger charge is -2.41. The molecule has 0 spiro atoms. The summed E-state index contributed by atoms with van der Waals surface area (Å²) in [6.45, 7) is 13.5. The molecule has 0 aliphatic carbocycles. The SMILES string of the molecule is C=C1CC(C)(C)PC(C)(C)C1. The molecule has 0 radical (unpaired) electrons. The van der Waals surface area contributed by atoms with Crippen molar-refractivity contribution in [2.45, 2.75) is 50.8 Å². The van der Waals surface area contributed by atoms with E-state index >= 15 is 0 Å². The van der Waals surface area contributed by atoms with E-state index in [1.165, 1.54) is 18.4 Å². The average molecular weight is 170 g/mol. The molecule has 0 unspecified atom stereocenters. The summed E-state index contributed by atoms with van der Waals surface area (Å²) < 4.78 is 0. The number of hydrogen-bond acceptors (Lipinski definition) is 0. The van der Waals surface area contributed by atoms with Gasteiger partial charge in [-0.25, -0.2) is 0 Å². The van der Waals surface area contributed by atoms with Gasteiger partial charge in [0.25, 0.3) is 0 Å². The third-order valence-corrected chi connectivity index (χ3v) is 3.77. The second-order valence-corrected chi connectivity index (χ2v) is 7.95. The molecule has 1 rings (SSSR count). The highest BCUT2D eigenvalue weighted by molar-refractivity contribution is 7.42. The fraction of sp³-hybridized carbons (Fsp3) is 0.800. The third-order valence-electron chi connectivity index (χ3n) is 2.06. The predicted octanol–water partition coefficient (Wildman–Crippen LogP) is 3.57. The van der Waals surface area contributed by atoms with E-state index in [1.54, 1.807) is 0 Å². The largest absolute Gasteiger partial charge is 0.110 e. The first kappa shape index (κ1) is 9.26. The first-order valence-corrected chi connectivity index (χ1v) is 5.27. The van der Waals surface area contributed by atoms with E-state index in [1.807, 2.05) is 0 Å². The molecule has 0 atom stereocenters. The molecule has 0 aromatic rings. The number of hydrogen-bond donors (Lipinski definition) is 0. The monoisotopic (exact) mass is 170 g/mol. The van der Waals surface area contributed by atoms with Crippen LogP contribution in [0.4, 0.5) is 0 Å². The molecule has 11 heavy (non-hydrogen) atoms. The van der Waals surface area contributed by atoms with E-state index in [2.05, 4.69) is 34.3 Å². The maximum Gasteiger partial charge on any atom is -0.0137 e. The van der Waals surface area contributed by atoms with Gasteiger partial charge in [-0.1, -0.05) is 39.8 Å². The Bertz CT molecular complexity index is 159. The second-order valence-electron chi connectivity index (χ2n) is 5.00. The zero-order valence-corrected chi connectivity index (χ0v) is 9.12. The summed E-state index contributed by atoms with van der Waals surface area (Å²) in [4.78, 5) is 0. The molecule has 1 heteroatoms. The van der Waals surface area contributed by atoms with Crippen LogP contribution in [0.15, 0.2) is 12.2 Å². The summed E-state index contributed by atoms with van der Waals surface area (Å²) in [7, 11) is 1.08. The molecule has 1 heterocycles. The maximum absolute atomic E-state index is 4.11. The Balaban J connectivity index is 2.74. The van der Waals surface area contributed by atoms with Crippen LogP contribution >= 0.6 is 8.58 Å². The summed E-state index contributed by atoms with van der Waals surface area (Å²) in [5.41, 5.74) is 1.44. The number of rotatable bonds is 0. The van der Waals surface area contributed by atoms with Crippen molar-refractivity contribution in [3.8, 4) is 0 Å². The van der Waals surface area contributed by atoms with Crippen molar-refractivity contribution in [2.75, 3.05) is 0 Å². The summed E-state index contributed by atoms with van der Waals surface area (Å²) in [6, 6.07) is 0. The smallest absolute Gasteiger partial charge is 0.0137 e. The lowest BCUT2D eigenvalue weighted by molar-refractivity contribution is 0.566. The minimum Gasteiger partial charge on any atom is -0.110 e. The molecular formula is C10H19P. The molecule has 0 aromatic heterocycles. The minimum atomic E-state index is 0.513. The molecule has 1 saturated heterocycles. The van der Waals surface area contributed by atoms with Gasteiger partial charge in [0.2, 0.25) is 0 Å². The van der Waals surface area contributed by atoms with E-state index in [0.29, 0.717) is 10.3 Å². The Kier molecular flexibility index (Phi) is 2.18. The fourth-order valence-electron chi connectivity index (χ4n) is 2.32. The molecule has 0 saturated carbocycles. The average Bonchev–Trinajstić information content (AvgIpc) is 1.49. The maximum atomic E-state index is 4.11. The molecule has 1 fully saturated rings. The summed E-state index contributed by atoms with van der Waals surface area (Å²) >= 11 is 0. The summed E-state index contributed by atoms with van der Waals surface area (Å²) in [6.07, 6.45) is 2.46. The Hall–Kier alpha value is 0.170. The van der Waals surface area contributed by atoms with Crippen LogP contribution in [0.2, 0.25) is 0 Å². The van der Waals surface area contributed by atoms with Crippen molar-refractivity contribution in [2.24, 2.45) is 0 Å². The zero-order chi connectivity index (χ0) is 8.70. The van der Waals surface area contributed by atoms with E-state index in [-0.39, 0.29) is 0 Å². The van der Waals surface area contributed by atoms with E-state index in [0.717, 1.165) is 8.58 Å². The first-order chi connectivity index (χ1) is 4.81. The van der Waals surface area contributed by atoms with Crippen LogP contribution in [0.1, 0.15) is 40.5 Å². The molecule has 1 aliphatic rings. The molecule has 0 amide bonds. The molecule has 1 aliphatic heterocycles. The van der Waals surface area contributed by atoms with Crippen LogP contribution < -0.4 is 0 Å². The minimum absolute atomic E-state index is 0.513. The van der Waals surface area contributed by atoms with Crippen molar-refractivity contribution in [3.05, 3.63) is 12.2 Å². The van der Waals surface area contributed by atoms with Crippen LogP contribution in [0.3, 0.4) is 0 Å². The second kappa shape index (κ2) is 2.59. The molecule has 0 N–H and O–H groups in total. The zero-order valence-electron chi connectivity index (χ0n) is 8.12. The van der Waals surface area contributed by atoms with Crippen LogP contribution in [-0.2, 0) is 0 Å². The Labute approximate surface area is 72.2 Å². The van der Waals surface area contributed by atoms with Gasteiger partial charge in [0.1, 0.15) is 0 Å². The van der Waals surface area contributed by atoms with Gasteiger partial charge in [0.15, 0.2) is 0 Å². The van der Waals surface area contributed by atoms with Gasteiger partial charge in [-0.3, -0.25) is 0 Å². The summed E-state index contributed by atoms with van der Waals surface area (Å²) in [5, 5.41) is 1.03. The van der Waals surface area contributed by atoms with E-state index in [9.17, 15) is 0 Å². The van der Waals surface area contributed by atoms with E-state index < -0.39 is 0 Å². The van der Waals surface area contributed by atoms with Crippen molar-refractivity contribution in [3.63, 3.8) is 0 Å². The van der Waals surface area contributed by atoms with Gasteiger partial charge in [-0.15, -0.1) is 8.58 Å². The lowest BCUT2D eigenvalue weighted by Crippen LogP contribution is -2.30. The van der Waals surface area contributed by atoms with Gasteiger partial charge >= 0.3 is 0 Å². The topological polar surface area (TPSA) is 0 Å². The Morgan fingerprint density at radius 2 is 1.45 bits per heavy atom. The van der Waals surface area contributed by atoms with Crippen LogP contribution in [0, 0.1) is 0 Å². The van der Waals surface area contributed by atoms with Crippen molar-refractivity contribution >= 4 is 8.58 Å². The summed E-state index contributed by atoms with van der Waals surface area (Å²) in [5.74, 6) is 0. The molecule has 0 bridgehead atoms. The molecule has 64 valence electrons. The highest BCUT2D eigenvalue weighted by Gasteiger charge is 2.34. The highest BCUT2D eigenvalue weighted by Crippen LogP contribution is 2.53. The van der Waals surface area contributed by atoms with Gasteiger partial charge in [0, 0.05) is 0 Å². The Morgan fingerprint density at radius 3 is 1.73 bits per heavy atom. The lowest BCUT2D eigenvalue weighted by atomic mass is 9.94. The van der Waals surface area contributed by atoms with E-state index in [4.69, 9.17) is 0 Å². The van der Waals surface area contributed by atoms with Gasteiger partial charge in [-0.2, -0.15) is 0 Å². The van der Waals surface area contributed by atoms with Gasteiger partial charge in [0.05, 0.1) is 0 Å². The van der Waals surface area contributed by atoms with Crippen molar-refractivity contribution < 1.29 is 0 Å². The normalized spacial score (nSPS) is 28.5. The molecule has 0 nitrogen and oxygen atoms in total. The van der Waals surface area contributed by atoms with Crippen LogP contribution in [0.5, 0.6) is 0 Å². The predicted molar refractivity (Wildman–Crippen MR) is 54.8 cm³/mol. The van der Waals surface area contributed by atoms with Crippen molar-refractivity contribution in [1.29, 1.82) is 0 Å². The molecule has 0 aromatic carbocycles. The number of allylic oxidation sites excluding steroid dienone is 1. The third kappa shape index (κ3) is 2.60. The quantitative estimate of drug-likeness (QED) is 0.385. The fourth-order valence-corrected chi connectivity index (χ4v) is 4.83. The first-order valence-electron chi connectivity index (χ1n) is 4.27. The highest BCUT2D eigenvalue weighted by atomic mass is 31.1. The van der Waals surface area contributed by atoms with Gasteiger partial charge < -0.3 is 0 Å². The standard InChI is InChI=1S/C10H19P/c1-8-6-9(2,3)11-10(4,5)7-8/h11H,1,6-7H2,2-5H3. The molecular weight excluding hydrogens is 151 g/mol. The Morgan fingerprint density at radius 1 is 1.09 bits per heavy atom. The van der Waals surface area contributed by atoms with Crippen LogP contribution in [-0.4, -0.2) is 10.3 Å². The van der Waals surface area contributed by atoms with Crippen molar-refractivity contribution in [1.82, 2.24) is 0 Å². The van der Waals surface area contributed by atoms with Gasteiger partial charge in [-0.05, 0) is 23.2 Å².